The number of imidazole rings is 1. The Bertz CT molecular complexity index is 1260. The first kappa shape index (κ1) is 25.4. The SMILES string of the molecule is Cc1nc(C)c(-c2ccccc2-c2nc3cc(C(N)=O)ccn3c2Cl)o1.OCCCCCCO. The highest BCUT2D eigenvalue weighted by Gasteiger charge is 2.20. The van der Waals surface area contributed by atoms with Crippen LogP contribution in [-0.2, 0) is 0 Å². The molecule has 3 heterocycles. The summed E-state index contributed by atoms with van der Waals surface area (Å²) in [5, 5.41) is 17.0. The molecule has 0 radical (unpaired) electrons. The first-order valence-corrected chi connectivity index (χ1v) is 11.5. The predicted molar refractivity (Wildman–Crippen MR) is 132 cm³/mol. The van der Waals surface area contributed by atoms with Crippen LogP contribution in [0.25, 0.3) is 28.2 Å². The van der Waals surface area contributed by atoms with Crippen LogP contribution in [-0.4, -0.2) is 43.7 Å². The van der Waals surface area contributed by atoms with E-state index >= 15 is 0 Å². The lowest BCUT2D eigenvalue weighted by Gasteiger charge is -2.06. The highest BCUT2D eigenvalue weighted by molar-refractivity contribution is 6.32. The van der Waals surface area contributed by atoms with Crippen LogP contribution in [0.15, 0.2) is 47.0 Å². The molecule has 0 unspecified atom stereocenters. The van der Waals surface area contributed by atoms with Crippen molar-refractivity contribution in [3.63, 3.8) is 0 Å². The Morgan fingerprint density at radius 2 is 1.68 bits per heavy atom. The molecular weight excluding hydrogens is 456 g/mol. The monoisotopic (exact) mass is 484 g/mol. The highest BCUT2D eigenvalue weighted by Crippen LogP contribution is 2.37. The predicted octanol–water partition coefficient (Wildman–Crippen LogP) is 4.56. The maximum absolute atomic E-state index is 11.4. The van der Waals surface area contributed by atoms with Crippen LogP contribution in [0.5, 0.6) is 0 Å². The van der Waals surface area contributed by atoms with Crippen LogP contribution in [0.3, 0.4) is 0 Å². The fourth-order valence-corrected chi connectivity index (χ4v) is 3.87. The van der Waals surface area contributed by atoms with E-state index in [0.717, 1.165) is 42.5 Å². The third-order valence-corrected chi connectivity index (χ3v) is 5.61. The molecular formula is C25H29ClN4O4. The highest BCUT2D eigenvalue weighted by atomic mass is 35.5. The second-order valence-corrected chi connectivity index (χ2v) is 8.17. The van der Waals surface area contributed by atoms with Gasteiger partial charge in [-0.2, -0.15) is 0 Å². The summed E-state index contributed by atoms with van der Waals surface area (Å²) in [5.74, 6) is 0.768. The molecule has 180 valence electrons. The number of nitrogens with zero attached hydrogens (tertiary/aromatic N) is 3. The van der Waals surface area contributed by atoms with Gasteiger partial charge >= 0.3 is 0 Å². The Morgan fingerprint density at radius 3 is 2.24 bits per heavy atom. The van der Waals surface area contributed by atoms with Gasteiger partial charge in [0.2, 0.25) is 5.91 Å². The quantitative estimate of drug-likeness (QED) is 0.315. The number of carbonyl (C=O) groups excluding carboxylic acids is 1. The van der Waals surface area contributed by atoms with Crippen molar-refractivity contribution < 1.29 is 19.4 Å². The number of unbranched alkanes of at least 4 members (excludes halogenated alkanes) is 3. The number of benzene rings is 1. The molecule has 4 rings (SSSR count). The number of aliphatic hydroxyl groups is 2. The topological polar surface area (TPSA) is 127 Å². The second kappa shape index (κ2) is 11.8. The molecule has 0 aliphatic rings. The van der Waals surface area contributed by atoms with Gasteiger partial charge in [-0.15, -0.1) is 0 Å². The van der Waals surface area contributed by atoms with Crippen LogP contribution in [0.4, 0.5) is 0 Å². The molecule has 4 aromatic rings. The maximum Gasteiger partial charge on any atom is 0.248 e. The lowest BCUT2D eigenvalue weighted by Crippen LogP contribution is -2.11. The smallest absolute Gasteiger partial charge is 0.248 e. The van der Waals surface area contributed by atoms with Gasteiger partial charge in [-0.3, -0.25) is 9.20 Å². The number of halogens is 1. The average molecular weight is 485 g/mol. The number of rotatable bonds is 8. The molecule has 0 bridgehead atoms. The van der Waals surface area contributed by atoms with Gasteiger partial charge in [0.15, 0.2) is 11.7 Å². The number of aliphatic hydroxyl groups excluding tert-OH is 2. The second-order valence-electron chi connectivity index (χ2n) is 7.81. The number of amides is 1. The number of primary amides is 1. The molecule has 0 aliphatic heterocycles. The van der Waals surface area contributed by atoms with Gasteiger partial charge in [0.1, 0.15) is 16.5 Å². The van der Waals surface area contributed by atoms with E-state index in [-0.39, 0.29) is 13.2 Å². The number of pyridine rings is 1. The van der Waals surface area contributed by atoms with Crippen LogP contribution < -0.4 is 5.73 Å². The minimum atomic E-state index is -0.513. The summed E-state index contributed by atoms with van der Waals surface area (Å²) < 4.78 is 7.48. The number of hydrogen-bond donors (Lipinski definition) is 3. The summed E-state index contributed by atoms with van der Waals surface area (Å²) in [6.45, 7) is 4.27. The normalized spacial score (nSPS) is 10.9. The molecule has 8 nitrogen and oxygen atoms in total. The molecule has 1 aromatic carbocycles. The number of nitrogens with two attached hydrogens (primary N) is 1. The summed E-state index contributed by atoms with van der Waals surface area (Å²) in [7, 11) is 0. The first-order chi connectivity index (χ1) is 16.4. The van der Waals surface area contributed by atoms with E-state index in [2.05, 4.69) is 9.97 Å². The number of aryl methyl sites for hydroxylation is 2. The van der Waals surface area contributed by atoms with Crippen molar-refractivity contribution >= 4 is 23.2 Å². The van der Waals surface area contributed by atoms with Gasteiger partial charge < -0.3 is 20.4 Å². The summed E-state index contributed by atoms with van der Waals surface area (Å²) in [4.78, 5) is 20.4. The van der Waals surface area contributed by atoms with Crippen molar-refractivity contribution in [1.82, 2.24) is 14.4 Å². The van der Waals surface area contributed by atoms with E-state index in [1.807, 2.05) is 38.1 Å². The molecule has 9 heteroatoms. The van der Waals surface area contributed by atoms with Crippen LogP contribution in [0.2, 0.25) is 5.15 Å². The molecule has 4 N–H and O–H groups in total. The van der Waals surface area contributed by atoms with Gasteiger partial charge in [0.05, 0.1) is 5.69 Å². The molecule has 34 heavy (non-hydrogen) atoms. The number of fused-ring (bicyclic) bond motifs is 1. The van der Waals surface area contributed by atoms with Crippen molar-refractivity contribution in [3.8, 4) is 22.6 Å². The third-order valence-electron chi connectivity index (χ3n) is 5.25. The minimum absolute atomic E-state index is 0.283. The third kappa shape index (κ3) is 5.83. The molecule has 1 amide bonds. The average Bonchev–Trinajstić information content (AvgIpc) is 3.34. The van der Waals surface area contributed by atoms with Gasteiger partial charge in [-0.25, -0.2) is 9.97 Å². The van der Waals surface area contributed by atoms with Gasteiger partial charge in [0, 0.05) is 43.0 Å². The standard InChI is InChI=1S/C19H15ClN4O2.C6H14O2/c1-10-17(26-11(2)22-10)14-6-4-3-5-13(14)16-18(20)24-8-7-12(19(21)25)9-15(24)23-16;7-5-3-1-2-4-6-8/h3-9H,1-2H3,(H2,21,25);7-8H,1-6H2. The van der Waals surface area contributed by atoms with Gasteiger partial charge in [-0.05, 0) is 31.9 Å². The first-order valence-electron chi connectivity index (χ1n) is 11.1. The zero-order valence-corrected chi connectivity index (χ0v) is 20.0. The zero-order chi connectivity index (χ0) is 24.7. The van der Waals surface area contributed by atoms with Crippen molar-refractivity contribution in [2.24, 2.45) is 5.73 Å². The van der Waals surface area contributed by atoms with Gasteiger partial charge in [-0.1, -0.05) is 48.7 Å². The van der Waals surface area contributed by atoms with Crippen LogP contribution in [0.1, 0.15) is 47.6 Å². The Labute approximate surface area is 203 Å². The lowest BCUT2D eigenvalue weighted by atomic mass is 10.0. The Kier molecular flexibility index (Phi) is 8.81. The number of hydrogen-bond acceptors (Lipinski definition) is 6. The minimum Gasteiger partial charge on any atom is -0.441 e. The summed E-state index contributed by atoms with van der Waals surface area (Å²) in [6, 6.07) is 10.9. The number of carbonyl (C=O) groups is 1. The van der Waals surface area contributed by atoms with E-state index < -0.39 is 5.91 Å². The fourth-order valence-electron chi connectivity index (χ4n) is 3.59. The summed E-state index contributed by atoms with van der Waals surface area (Å²) in [5.41, 5.74) is 9.34. The molecule has 0 atom stereocenters. The van der Waals surface area contributed by atoms with Gasteiger partial charge in [0.25, 0.3) is 0 Å². The molecule has 0 aliphatic carbocycles. The van der Waals surface area contributed by atoms with E-state index in [0.29, 0.717) is 33.7 Å². The van der Waals surface area contributed by atoms with E-state index in [4.69, 9.17) is 32.0 Å². The van der Waals surface area contributed by atoms with Crippen molar-refractivity contribution in [1.29, 1.82) is 0 Å². The Balaban J connectivity index is 0.000000350. The fraction of sp³-hybridized carbons (Fsp3) is 0.320. The van der Waals surface area contributed by atoms with Crippen molar-refractivity contribution in [2.45, 2.75) is 39.5 Å². The number of aromatic nitrogens is 3. The molecule has 0 fully saturated rings. The van der Waals surface area contributed by atoms with Crippen LogP contribution in [0, 0.1) is 13.8 Å². The number of oxazole rings is 1. The van der Waals surface area contributed by atoms with E-state index in [1.165, 1.54) is 0 Å². The molecule has 0 saturated heterocycles. The van der Waals surface area contributed by atoms with E-state index in [1.54, 1.807) is 22.7 Å². The van der Waals surface area contributed by atoms with Crippen molar-refractivity contribution in [2.75, 3.05) is 13.2 Å². The molecule has 0 saturated carbocycles. The molecule has 3 aromatic heterocycles. The van der Waals surface area contributed by atoms with E-state index in [9.17, 15) is 4.79 Å². The summed E-state index contributed by atoms with van der Waals surface area (Å²) in [6.07, 6.45) is 5.51. The van der Waals surface area contributed by atoms with Crippen LogP contribution >= 0.6 is 11.6 Å². The zero-order valence-electron chi connectivity index (χ0n) is 19.3. The van der Waals surface area contributed by atoms with Crippen molar-refractivity contribution in [3.05, 3.63) is 64.9 Å². The Hall–Kier alpha value is -3.20. The lowest BCUT2D eigenvalue weighted by molar-refractivity contribution is 0.1000. The summed E-state index contributed by atoms with van der Waals surface area (Å²) >= 11 is 6.57. The Morgan fingerprint density at radius 1 is 1.03 bits per heavy atom. The maximum atomic E-state index is 11.4. The molecule has 0 spiro atoms. The largest absolute Gasteiger partial charge is 0.441 e.